The summed E-state index contributed by atoms with van der Waals surface area (Å²) in [6.07, 6.45) is 0.121. The van der Waals surface area contributed by atoms with E-state index in [9.17, 15) is 4.79 Å². The molecule has 1 aromatic rings. The Bertz CT molecular complexity index is 500. The first kappa shape index (κ1) is 12.0. The SMILES string of the molecule is CCC1Oc2c(N)c(C)c(Cl)c(C)c2NC1=O. The molecule has 1 aromatic carbocycles. The maximum absolute atomic E-state index is 11.7. The average Bonchev–Trinajstić information content (AvgIpc) is 2.33. The minimum Gasteiger partial charge on any atom is -0.476 e. The summed E-state index contributed by atoms with van der Waals surface area (Å²) in [4.78, 5) is 11.7. The lowest BCUT2D eigenvalue weighted by Gasteiger charge is -2.28. The molecule has 3 N–H and O–H groups in total. The van der Waals surface area contributed by atoms with E-state index in [0.717, 1.165) is 11.1 Å². The molecule has 0 saturated heterocycles. The van der Waals surface area contributed by atoms with Gasteiger partial charge in [-0.05, 0) is 31.4 Å². The Morgan fingerprint density at radius 1 is 1.41 bits per heavy atom. The highest BCUT2D eigenvalue weighted by molar-refractivity contribution is 6.33. The molecule has 1 atom stereocenters. The molecule has 17 heavy (non-hydrogen) atoms. The van der Waals surface area contributed by atoms with Crippen molar-refractivity contribution in [3.8, 4) is 5.75 Å². The zero-order chi connectivity index (χ0) is 12.7. The second-order valence-electron chi connectivity index (χ2n) is 4.19. The van der Waals surface area contributed by atoms with Crippen LogP contribution in [0.25, 0.3) is 0 Å². The van der Waals surface area contributed by atoms with E-state index in [-0.39, 0.29) is 5.91 Å². The molecule has 2 rings (SSSR count). The number of rotatable bonds is 1. The van der Waals surface area contributed by atoms with Crippen LogP contribution in [0.5, 0.6) is 5.75 Å². The third-order valence-electron chi connectivity index (χ3n) is 3.08. The average molecular weight is 255 g/mol. The highest BCUT2D eigenvalue weighted by atomic mass is 35.5. The van der Waals surface area contributed by atoms with Crippen LogP contribution in [0.1, 0.15) is 24.5 Å². The largest absolute Gasteiger partial charge is 0.476 e. The number of hydrogen-bond donors (Lipinski definition) is 2. The Kier molecular flexibility index (Phi) is 2.91. The molecule has 0 fully saturated rings. The highest BCUT2D eigenvalue weighted by Gasteiger charge is 2.30. The maximum Gasteiger partial charge on any atom is 0.265 e. The fraction of sp³-hybridized carbons (Fsp3) is 0.417. The third-order valence-corrected chi connectivity index (χ3v) is 3.65. The number of nitrogen functional groups attached to an aromatic ring is 1. The van der Waals surface area contributed by atoms with Crippen molar-refractivity contribution in [3.05, 3.63) is 16.1 Å². The first-order valence-electron chi connectivity index (χ1n) is 5.53. The Labute approximate surface area is 105 Å². The summed E-state index contributed by atoms with van der Waals surface area (Å²) in [5.41, 5.74) is 8.63. The van der Waals surface area contributed by atoms with E-state index in [2.05, 4.69) is 5.32 Å². The third kappa shape index (κ3) is 1.72. The molecule has 0 bridgehead atoms. The van der Waals surface area contributed by atoms with Crippen molar-refractivity contribution >= 4 is 28.9 Å². The van der Waals surface area contributed by atoms with E-state index in [1.807, 2.05) is 20.8 Å². The fourth-order valence-corrected chi connectivity index (χ4v) is 2.12. The molecule has 1 aliphatic rings. The van der Waals surface area contributed by atoms with Crippen molar-refractivity contribution < 1.29 is 9.53 Å². The van der Waals surface area contributed by atoms with Gasteiger partial charge in [0.25, 0.3) is 5.91 Å². The topological polar surface area (TPSA) is 64.3 Å². The molecule has 4 nitrogen and oxygen atoms in total. The lowest BCUT2D eigenvalue weighted by molar-refractivity contribution is -0.123. The summed E-state index contributed by atoms with van der Waals surface area (Å²) >= 11 is 6.15. The molecule has 1 unspecified atom stereocenters. The van der Waals surface area contributed by atoms with Gasteiger partial charge in [0.15, 0.2) is 11.9 Å². The summed E-state index contributed by atoms with van der Waals surface area (Å²) < 4.78 is 5.65. The van der Waals surface area contributed by atoms with Crippen LogP contribution in [0.4, 0.5) is 11.4 Å². The van der Waals surface area contributed by atoms with Gasteiger partial charge in [-0.15, -0.1) is 0 Å². The second kappa shape index (κ2) is 4.11. The minimum atomic E-state index is -0.482. The number of carbonyl (C=O) groups excluding carboxylic acids is 1. The van der Waals surface area contributed by atoms with Gasteiger partial charge in [0, 0.05) is 0 Å². The van der Waals surface area contributed by atoms with Crippen LogP contribution in [0.2, 0.25) is 5.02 Å². The van der Waals surface area contributed by atoms with Gasteiger partial charge >= 0.3 is 0 Å². The normalized spacial score (nSPS) is 18.4. The molecule has 1 aliphatic heterocycles. The van der Waals surface area contributed by atoms with Crippen molar-refractivity contribution in [2.24, 2.45) is 0 Å². The van der Waals surface area contributed by atoms with Gasteiger partial charge in [0.1, 0.15) is 0 Å². The van der Waals surface area contributed by atoms with Crippen LogP contribution in [0.3, 0.4) is 0 Å². The number of hydrogen-bond acceptors (Lipinski definition) is 3. The number of amides is 1. The highest BCUT2D eigenvalue weighted by Crippen LogP contribution is 2.44. The molecule has 92 valence electrons. The first-order valence-corrected chi connectivity index (χ1v) is 5.90. The van der Waals surface area contributed by atoms with Crippen molar-refractivity contribution in [1.29, 1.82) is 0 Å². The summed E-state index contributed by atoms with van der Waals surface area (Å²) in [6, 6.07) is 0. The standard InChI is InChI=1S/C12H15ClN2O2/c1-4-7-12(16)15-10-6(3)8(13)5(2)9(14)11(10)17-7/h7H,4,14H2,1-3H3,(H,15,16). The molecule has 0 aromatic heterocycles. The molecule has 5 heteroatoms. The predicted octanol–water partition coefficient (Wildman–Crippen LogP) is 2.65. The van der Waals surface area contributed by atoms with Gasteiger partial charge in [-0.1, -0.05) is 18.5 Å². The van der Waals surface area contributed by atoms with Crippen LogP contribution < -0.4 is 15.8 Å². The van der Waals surface area contributed by atoms with Crippen molar-refractivity contribution in [3.63, 3.8) is 0 Å². The van der Waals surface area contributed by atoms with E-state index in [0.29, 0.717) is 28.6 Å². The lowest BCUT2D eigenvalue weighted by Crippen LogP contribution is -2.37. The van der Waals surface area contributed by atoms with Gasteiger partial charge in [-0.25, -0.2) is 0 Å². The Balaban J connectivity index is 2.62. The van der Waals surface area contributed by atoms with Gasteiger partial charge in [0.2, 0.25) is 0 Å². The van der Waals surface area contributed by atoms with E-state index in [1.54, 1.807) is 0 Å². The number of benzene rings is 1. The monoisotopic (exact) mass is 254 g/mol. The van der Waals surface area contributed by atoms with Crippen LogP contribution in [-0.2, 0) is 4.79 Å². The molecular formula is C12H15ClN2O2. The van der Waals surface area contributed by atoms with Gasteiger partial charge in [-0.3, -0.25) is 4.79 Å². The number of carbonyl (C=O) groups is 1. The summed E-state index contributed by atoms with van der Waals surface area (Å²) in [5.74, 6) is 0.387. The number of halogens is 1. The van der Waals surface area contributed by atoms with E-state index in [1.165, 1.54) is 0 Å². The molecule has 0 saturated carbocycles. The van der Waals surface area contributed by atoms with Crippen molar-refractivity contribution in [2.45, 2.75) is 33.3 Å². The molecule has 0 spiro atoms. The molecule has 1 amide bonds. The predicted molar refractivity (Wildman–Crippen MR) is 68.7 cm³/mol. The van der Waals surface area contributed by atoms with Gasteiger partial charge in [0.05, 0.1) is 16.4 Å². The summed E-state index contributed by atoms with van der Waals surface area (Å²) in [6.45, 7) is 5.57. The molecular weight excluding hydrogens is 240 g/mol. The number of nitrogens with one attached hydrogen (secondary N) is 1. The van der Waals surface area contributed by atoms with E-state index < -0.39 is 6.10 Å². The van der Waals surface area contributed by atoms with E-state index in [4.69, 9.17) is 22.1 Å². The second-order valence-corrected chi connectivity index (χ2v) is 4.56. The lowest BCUT2D eigenvalue weighted by atomic mass is 10.0. The van der Waals surface area contributed by atoms with Crippen LogP contribution in [0, 0.1) is 13.8 Å². The summed E-state index contributed by atoms with van der Waals surface area (Å²) in [5, 5.41) is 3.38. The smallest absolute Gasteiger partial charge is 0.265 e. The number of ether oxygens (including phenoxy) is 1. The Hall–Kier alpha value is -1.42. The summed E-state index contributed by atoms with van der Waals surface area (Å²) in [7, 11) is 0. The molecule has 0 radical (unpaired) electrons. The number of fused-ring (bicyclic) bond motifs is 1. The van der Waals surface area contributed by atoms with Crippen LogP contribution in [0.15, 0.2) is 0 Å². The zero-order valence-electron chi connectivity index (χ0n) is 10.1. The fourth-order valence-electron chi connectivity index (χ4n) is 1.93. The zero-order valence-corrected chi connectivity index (χ0v) is 10.8. The van der Waals surface area contributed by atoms with Crippen LogP contribution >= 0.6 is 11.6 Å². The number of anilines is 2. The van der Waals surface area contributed by atoms with Gasteiger partial charge < -0.3 is 15.8 Å². The molecule has 1 heterocycles. The van der Waals surface area contributed by atoms with E-state index >= 15 is 0 Å². The van der Waals surface area contributed by atoms with Crippen molar-refractivity contribution in [2.75, 3.05) is 11.1 Å². The van der Waals surface area contributed by atoms with Crippen LogP contribution in [-0.4, -0.2) is 12.0 Å². The number of nitrogens with two attached hydrogens (primary N) is 1. The Morgan fingerprint density at radius 2 is 2.06 bits per heavy atom. The quantitative estimate of drug-likeness (QED) is 0.758. The van der Waals surface area contributed by atoms with Crippen molar-refractivity contribution in [1.82, 2.24) is 0 Å². The Morgan fingerprint density at radius 3 is 2.65 bits per heavy atom. The minimum absolute atomic E-state index is 0.151. The molecule has 0 aliphatic carbocycles. The van der Waals surface area contributed by atoms with Gasteiger partial charge in [-0.2, -0.15) is 0 Å². The maximum atomic E-state index is 11.7. The first-order chi connectivity index (χ1) is 7.97.